The minimum atomic E-state index is -3.81. The van der Waals surface area contributed by atoms with Gasteiger partial charge in [-0.05, 0) is 0 Å². The van der Waals surface area contributed by atoms with E-state index in [9.17, 15) is 8.78 Å². The molecule has 41 heavy (non-hydrogen) atoms. The quantitative estimate of drug-likeness (QED) is 0.0998. The van der Waals surface area contributed by atoms with E-state index in [1.54, 1.807) is 36.7 Å². The molecule has 212 valence electrons. The van der Waals surface area contributed by atoms with Crippen LogP contribution in [0, 0.1) is 11.6 Å². The van der Waals surface area contributed by atoms with Crippen LogP contribution in [0.2, 0.25) is 8.87 Å². The molecule has 4 rings (SSSR count). The van der Waals surface area contributed by atoms with Gasteiger partial charge in [-0.25, -0.2) is 0 Å². The van der Waals surface area contributed by atoms with Gasteiger partial charge in [0.1, 0.15) is 0 Å². The van der Waals surface area contributed by atoms with E-state index in [-0.39, 0.29) is 11.6 Å². The van der Waals surface area contributed by atoms with Crippen LogP contribution in [0.5, 0.6) is 11.5 Å². The Morgan fingerprint density at radius 2 is 0.976 bits per heavy atom. The molecule has 0 saturated heterocycles. The average Bonchev–Trinajstić information content (AvgIpc) is 3.00. The molecule has 4 nitrogen and oxygen atoms in total. The molecule has 0 aliphatic heterocycles. The van der Waals surface area contributed by atoms with Gasteiger partial charge >= 0.3 is 248 Å². The second-order valence-electron chi connectivity index (χ2n) is 9.87. The molecule has 4 aromatic carbocycles. The molecule has 0 amide bonds. The Morgan fingerprint density at radius 1 is 0.585 bits per heavy atom. The van der Waals surface area contributed by atoms with Crippen LogP contribution in [0.3, 0.4) is 0 Å². The van der Waals surface area contributed by atoms with Gasteiger partial charge in [0.2, 0.25) is 0 Å². The second kappa shape index (κ2) is 15.5. The molecule has 7 heteroatoms. The van der Waals surface area contributed by atoms with Crippen molar-refractivity contribution in [3.05, 3.63) is 120 Å². The van der Waals surface area contributed by atoms with E-state index >= 15 is 0 Å². The molecule has 0 N–H and O–H groups in total. The number of para-hydroxylation sites is 2. The van der Waals surface area contributed by atoms with Crippen LogP contribution in [0.15, 0.2) is 107 Å². The number of halogens is 2. The van der Waals surface area contributed by atoms with Crippen molar-refractivity contribution in [1.29, 1.82) is 0 Å². The van der Waals surface area contributed by atoms with E-state index < -0.39 is 19.2 Å². The molecule has 0 fully saturated rings. The first kappa shape index (κ1) is 30.4. The molecule has 0 aromatic heterocycles. The van der Waals surface area contributed by atoms with Gasteiger partial charge in [0.05, 0.1) is 0 Å². The Bertz CT molecular complexity index is 1330. The van der Waals surface area contributed by atoms with Gasteiger partial charge in [-0.3, -0.25) is 0 Å². The predicted octanol–water partition coefficient (Wildman–Crippen LogP) is 9.97. The van der Waals surface area contributed by atoms with Crippen LogP contribution >= 0.6 is 0 Å². The van der Waals surface area contributed by atoms with Crippen molar-refractivity contribution in [2.75, 3.05) is 0 Å². The molecule has 0 heterocycles. The summed E-state index contributed by atoms with van der Waals surface area (Å²) in [5, 5.41) is 0. The zero-order chi connectivity index (χ0) is 28.9. The van der Waals surface area contributed by atoms with E-state index in [4.69, 9.17) is 6.15 Å². The van der Waals surface area contributed by atoms with Gasteiger partial charge in [-0.2, -0.15) is 0 Å². The maximum absolute atomic E-state index is 13.4. The Morgan fingerprint density at radius 3 is 1.37 bits per heavy atom. The summed E-state index contributed by atoms with van der Waals surface area (Å²) in [5.41, 5.74) is 3.03. The molecular formula is C34H36F2N2O2Sn. The van der Waals surface area contributed by atoms with Crippen LogP contribution in [0.4, 0.5) is 20.2 Å². The topological polar surface area (TPSA) is 43.2 Å². The van der Waals surface area contributed by atoms with Crippen molar-refractivity contribution in [2.24, 2.45) is 9.98 Å². The zero-order valence-corrected chi connectivity index (χ0v) is 26.5. The molecule has 0 aliphatic rings. The van der Waals surface area contributed by atoms with Crippen molar-refractivity contribution in [3.63, 3.8) is 0 Å². The monoisotopic (exact) mass is 662 g/mol. The molecule has 0 radical (unpaired) electrons. The van der Waals surface area contributed by atoms with Crippen molar-refractivity contribution < 1.29 is 14.9 Å². The third-order valence-corrected chi connectivity index (χ3v) is 16.4. The Balaban J connectivity index is 1.67. The molecule has 4 aromatic rings. The van der Waals surface area contributed by atoms with Crippen LogP contribution < -0.4 is 6.15 Å². The summed E-state index contributed by atoms with van der Waals surface area (Å²) in [7, 11) is 0. The van der Waals surface area contributed by atoms with E-state index in [1.807, 2.05) is 48.5 Å². The summed E-state index contributed by atoms with van der Waals surface area (Å²) in [6, 6.07) is 27.9. The molecule has 0 spiro atoms. The number of benzene rings is 4. The van der Waals surface area contributed by atoms with E-state index in [2.05, 4.69) is 23.8 Å². The van der Waals surface area contributed by atoms with Crippen LogP contribution in [-0.2, 0) is 0 Å². The standard InChI is InChI=1S/2C13H10FNO.2C4H9.Sn/c2*14-11-5-7-12(8-6-11)15-9-10-3-1-2-4-13(10)16;2*1-3-4-2;/h2*1-9,16H;2*1,3-4H2,2H3;/q;;;;+2/p-2. The van der Waals surface area contributed by atoms with Crippen molar-refractivity contribution >= 4 is 43.0 Å². The third-order valence-electron chi connectivity index (χ3n) is 6.61. The fourth-order valence-corrected chi connectivity index (χ4v) is 14.8. The number of rotatable bonds is 14. The number of hydrogen-bond acceptors (Lipinski definition) is 4. The van der Waals surface area contributed by atoms with Gasteiger partial charge in [0, 0.05) is 0 Å². The Labute approximate surface area is 246 Å². The second-order valence-corrected chi connectivity index (χ2v) is 19.1. The van der Waals surface area contributed by atoms with E-state index in [1.165, 1.54) is 24.3 Å². The third kappa shape index (κ3) is 9.25. The van der Waals surface area contributed by atoms with Crippen molar-refractivity contribution in [3.8, 4) is 11.5 Å². The summed E-state index contributed by atoms with van der Waals surface area (Å²) >= 11 is -3.81. The van der Waals surface area contributed by atoms with Crippen LogP contribution in [0.25, 0.3) is 0 Å². The molecular weight excluding hydrogens is 625 g/mol. The zero-order valence-electron chi connectivity index (χ0n) is 23.6. The summed E-state index contributed by atoms with van der Waals surface area (Å²) in [6.45, 7) is 4.37. The van der Waals surface area contributed by atoms with Gasteiger partial charge in [0.15, 0.2) is 0 Å². The summed E-state index contributed by atoms with van der Waals surface area (Å²) in [4.78, 5) is 9.12. The maximum atomic E-state index is 13.4. The average molecular weight is 661 g/mol. The molecule has 0 bridgehead atoms. The summed E-state index contributed by atoms with van der Waals surface area (Å²) in [5.74, 6) is 0.912. The first-order valence-electron chi connectivity index (χ1n) is 14.2. The van der Waals surface area contributed by atoms with Gasteiger partial charge in [-0.1, -0.05) is 0 Å². The van der Waals surface area contributed by atoms with Crippen molar-refractivity contribution in [2.45, 2.75) is 48.4 Å². The van der Waals surface area contributed by atoms with Gasteiger partial charge in [-0.15, -0.1) is 0 Å². The molecule has 0 atom stereocenters. The predicted molar refractivity (Wildman–Crippen MR) is 167 cm³/mol. The summed E-state index contributed by atoms with van der Waals surface area (Å²) < 4.78 is 42.6. The van der Waals surface area contributed by atoms with Gasteiger partial charge < -0.3 is 0 Å². The van der Waals surface area contributed by atoms with Gasteiger partial charge in [0.25, 0.3) is 0 Å². The number of nitrogens with zero attached hydrogens (tertiary/aromatic N) is 2. The molecule has 0 saturated carbocycles. The SMILES string of the molecule is CCC[CH2][Sn]([CH2]CCC)([O]c1ccccc1C=Nc1ccc(F)cc1)[O]c1ccccc1C=Nc1ccc(F)cc1. The number of unbranched alkanes of at least 4 members (excludes halogenated alkanes) is 2. The van der Waals surface area contributed by atoms with Crippen LogP contribution in [0.1, 0.15) is 50.7 Å². The van der Waals surface area contributed by atoms with E-state index in [0.29, 0.717) is 11.4 Å². The molecule has 0 aliphatic carbocycles. The summed E-state index contributed by atoms with van der Waals surface area (Å²) in [6.07, 6.45) is 7.64. The molecule has 0 unspecified atom stereocenters. The number of aliphatic imine (C=N–C) groups is 2. The Hall–Kier alpha value is -3.52. The fraction of sp³-hybridized carbons (Fsp3) is 0.235. The first-order valence-corrected chi connectivity index (χ1v) is 20.5. The minimum absolute atomic E-state index is 0.293. The first-order chi connectivity index (χ1) is 20.0. The van der Waals surface area contributed by atoms with Crippen LogP contribution in [-0.4, -0.2) is 31.6 Å². The van der Waals surface area contributed by atoms with Crippen molar-refractivity contribution in [1.82, 2.24) is 0 Å². The normalized spacial score (nSPS) is 11.8. The Kier molecular flexibility index (Phi) is 11.5. The number of hydrogen-bond donors (Lipinski definition) is 0. The van der Waals surface area contributed by atoms with E-state index in [0.717, 1.165) is 57.2 Å². The fourth-order valence-electron chi connectivity index (χ4n) is 4.35.